The maximum absolute atomic E-state index is 12.6. The van der Waals surface area contributed by atoms with E-state index in [2.05, 4.69) is 48.6 Å². The number of hydrogen-bond acceptors (Lipinski definition) is 2. The summed E-state index contributed by atoms with van der Waals surface area (Å²) in [5, 5.41) is 4.72. The molecule has 2 aromatic rings. The molecule has 1 aliphatic rings. The van der Waals surface area contributed by atoms with Crippen LogP contribution in [0.25, 0.3) is 0 Å². The summed E-state index contributed by atoms with van der Waals surface area (Å²) in [7, 11) is 0. The molecular weight excluding hydrogens is 314 g/mol. The van der Waals surface area contributed by atoms with Gasteiger partial charge in [0.15, 0.2) is 6.04 Å². The van der Waals surface area contributed by atoms with E-state index in [9.17, 15) is 9.59 Å². The van der Waals surface area contributed by atoms with Crippen LogP contribution < -0.4 is 10.6 Å². The fraction of sp³-hybridized carbons (Fsp3) is 0.300. The molecule has 0 spiro atoms. The Balaban J connectivity index is 1.83. The predicted molar refractivity (Wildman–Crippen MR) is 96.0 cm³/mol. The normalized spacial score (nSPS) is 16.4. The highest BCUT2D eigenvalue weighted by molar-refractivity contribution is 5.97. The van der Waals surface area contributed by atoms with Crippen LogP contribution in [0.4, 0.5) is 4.79 Å². The lowest BCUT2D eigenvalue weighted by Crippen LogP contribution is -2.92. The highest BCUT2D eigenvalue weighted by atomic mass is 16.2. The first-order valence-corrected chi connectivity index (χ1v) is 8.62. The molecule has 0 aliphatic carbocycles. The van der Waals surface area contributed by atoms with E-state index in [1.54, 1.807) is 0 Å². The van der Waals surface area contributed by atoms with E-state index >= 15 is 0 Å². The van der Waals surface area contributed by atoms with E-state index in [0.717, 1.165) is 11.1 Å². The molecule has 1 aliphatic heterocycles. The van der Waals surface area contributed by atoms with E-state index in [4.69, 9.17) is 0 Å². The summed E-state index contributed by atoms with van der Waals surface area (Å²) < 4.78 is 0. The Labute approximate surface area is 148 Å². The average molecular weight is 338 g/mol. The molecule has 2 atom stereocenters. The van der Waals surface area contributed by atoms with Gasteiger partial charge in [-0.2, -0.15) is 0 Å². The second kappa shape index (κ2) is 7.49. The van der Waals surface area contributed by atoms with Crippen molar-refractivity contribution in [3.8, 4) is 0 Å². The molecule has 0 radical (unpaired) electrons. The molecule has 3 amide bonds. The number of aryl methyl sites for hydroxylation is 1. The number of imide groups is 1. The van der Waals surface area contributed by atoms with Gasteiger partial charge < -0.3 is 10.6 Å². The number of hydrogen-bond donors (Lipinski definition) is 2. The van der Waals surface area contributed by atoms with Crippen molar-refractivity contribution in [3.63, 3.8) is 0 Å². The highest BCUT2D eigenvalue weighted by Gasteiger charge is 2.33. The summed E-state index contributed by atoms with van der Waals surface area (Å²) in [4.78, 5) is 25.7. The second-order valence-corrected chi connectivity index (χ2v) is 6.50. The summed E-state index contributed by atoms with van der Waals surface area (Å²) in [6.07, 6.45) is 0. The number of urea groups is 1. The third-order valence-corrected chi connectivity index (χ3v) is 4.59. The Morgan fingerprint density at radius 2 is 1.72 bits per heavy atom. The zero-order valence-corrected chi connectivity index (χ0v) is 14.6. The van der Waals surface area contributed by atoms with Crippen molar-refractivity contribution in [2.45, 2.75) is 25.9 Å². The van der Waals surface area contributed by atoms with Crippen LogP contribution in [0.2, 0.25) is 0 Å². The van der Waals surface area contributed by atoms with Gasteiger partial charge in [0.2, 0.25) is 0 Å². The molecule has 1 heterocycles. The molecule has 130 valence electrons. The lowest BCUT2D eigenvalue weighted by molar-refractivity contribution is -0.705. The van der Waals surface area contributed by atoms with Gasteiger partial charge in [-0.1, -0.05) is 60.2 Å². The molecule has 1 saturated heterocycles. The largest absolute Gasteiger partial charge is 0.336 e. The summed E-state index contributed by atoms with van der Waals surface area (Å²) in [6, 6.07) is 17.9. The topological polar surface area (TPSA) is 66.0 Å². The van der Waals surface area contributed by atoms with E-state index in [1.165, 1.54) is 10.5 Å². The second-order valence-electron chi connectivity index (χ2n) is 6.50. The molecule has 5 nitrogen and oxygen atoms in total. The summed E-state index contributed by atoms with van der Waals surface area (Å²) in [5.41, 5.74) is 3.48. The quantitative estimate of drug-likeness (QED) is 0.869. The van der Waals surface area contributed by atoms with Gasteiger partial charge in [-0.05, 0) is 13.8 Å². The zero-order chi connectivity index (χ0) is 17.8. The smallest absolute Gasteiger partial charge is 0.324 e. The molecule has 3 N–H and O–H groups in total. The summed E-state index contributed by atoms with van der Waals surface area (Å²) >= 11 is 0. The maximum atomic E-state index is 12.6. The number of amides is 3. The van der Waals surface area contributed by atoms with Gasteiger partial charge in [-0.25, -0.2) is 4.79 Å². The molecule has 1 fully saturated rings. The Bertz CT molecular complexity index is 743. The third kappa shape index (κ3) is 3.88. The van der Waals surface area contributed by atoms with Gasteiger partial charge in [0, 0.05) is 24.2 Å². The number of nitrogens with zero attached hydrogens (tertiary/aromatic N) is 1. The molecule has 0 aromatic heterocycles. The number of quaternary nitrogens is 1. The lowest BCUT2D eigenvalue weighted by atomic mass is 9.97. The average Bonchev–Trinajstić information content (AvgIpc) is 3.06. The standard InChI is InChI=1S/C20H23N3O2/c1-14-8-10-17(11-9-14)18(16-6-4-3-5-7-16)22-15(2)19(24)23-13-12-21-20(23)25/h3-11,15,18,22H,12-13H2,1-2H3,(H,21,25)/p+1/t15-,18-/m1/s1. The van der Waals surface area contributed by atoms with Crippen molar-refractivity contribution in [3.05, 3.63) is 71.3 Å². The monoisotopic (exact) mass is 338 g/mol. The number of carbonyl (C=O) groups is 2. The number of nitrogens with one attached hydrogen (secondary N) is 1. The van der Waals surface area contributed by atoms with E-state index in [-0.39, 0.29) is 24.0 Å². The zero-order valence-electron chi connectivity index (χ0n) is 14.6. The van der Waals surface area contributed by atoms with Crippen molar-refractivity contribution < 1.29 is 14.9 Å². The van der Waals surface area contributed by atoms with Gasteiger partial charge in [-0.15, -0.1) is 0 Å². The van der Waals surface area contributed by atoms with Gasteiger partial charge >= 0.3 is 6.03 Å². The Hall–Kier alpha value is -2.66. The molecule has 2 aromatic carbocycles. The van der Waals surface area contributed by atoms with Crippen LogP contribution in [0.5, 0.6) is 0 Å². The first kappa shape index (κ1) is 17.2. The Morgan fingerprint density at radius 1 is 1.08 bits per heavy atom. The minimum Gasteiger partial charge on any atom is -0.336 e. The van der Waals surface area contributed by atoms with Gasteiger partial charge in [0.1, 0.15) is 6.04 Å². The van der Waals surface area contributed by atoms with Crippen molar-refractivity contribution in [2.24, 2.45) is 0 Å². The number of carbonyl (C=O) groups excluding carboxylic acids is 2. The van der Waals surface area contributed by atoms with Crippen LogP contribution in [-0.4, -0.2) is 36.0 Å². The number of nitrogens with two attached hydrogens (primary N) is 1. The molecule has 0 bridgehead atoms. The molecule has 3 rings (SSSR count). The highest BCUT2D eigenvalue weighted by Crippen LogP contribution is 2.19. The fourth-order valence-electron chi connectivity index (χ4n) is 3.15. The molecule has 5 heteroatoms. The minimum absolute atomic E-state index is 0.00594. The Kier molecular flexibility index (Phi) is 5.14. The van der Waals surface area contributed by atoms with Crippen LogP contribution in [-0.2, 0) is 4.79 Å². The van der Waals surface area contributed by atoms with E-state index in [1.807, 2.05) is 30.4 Å². The number of benzene rings is 2. The van der Waals surface area contributed by atoms with Crippen molar-refractivity contribution >= 4 is 11.9 Å². The Morgan fingerprint density at radius 3 is 2.32 bits per heavy atom. The van der Waals surface area contributed by atoms with Crippen molar-refractivity contribution in [1.29, 1.82) is 0 Å². The van der Waals surface area contributed by atoms with Crippen LogP contribution in [0.3, 0.4) is 0 Å². The van der Waals surface area contributed by atoms with Crippen LogP contribution >= 0.6 is 0 Å². The molecule has 25 heavy (non-hydrogen) atoms. The van der Waals surface area contributed by atoms with Crippen LogP contribution in [0.15, 0.2) is 54.6 Å². The number of rotatable bonds is 5. The van der Waals surface area contributed by atoms with Gasteiger partial charge in [0.05, 0.1) is 0 Å². The van der Waals surface area contributed by atoms with Gasteiger partial charge in [0.25, 0.3) is 5.91 Å². The fourth-order valence-corrected chi connectivity index (χ4v) is 3.15. The van der Waals surface area contributed by atoms with Crippen molar-refractivity contribution in [2.75, 3.05) is 13.1 Å². The summed E-state index contributed by atoms with van der Waals surface area (Å²) in [5.74, 6) is -0.150. The van der Waals surface area contributed by atoms with Gasteiger partial charge in [-0.3, -0.25) is 9.69 Å². The SMILES string of the molecule is Cc1ccc([C@H]([NH2+][C@H](C)C(=O)N2CCNC2=O)c2ccccc2)cc1. The first-order valence-electron chi connectivity index (χ1n) is 8.62. The molecular formula is C20H24N3O2+. The maximum Gasteiger partial charge on any atom is 0.324 e. The van der Waals surface area contributed by atoms with E-state index in [0.29, 0.717) is 13.1 Å². The van der Waals surface area contributed by atoms with E-state index < -0.39 is 0 Å². The predicted octanol–water partition coefficient (Wildman–Crippen LogP) is 1.59. The first-order chi connectivity index (χ1) is 12.1. The summed E-state index contributed by atoms with van der Waals surface area (Å²) in [6.45, 7) is 4.88. The van der Waals surface area contributed by atoms with Crippen LogP contribution in [0.1, 0.15) is 29.7 Å². The van der Waals surface area contributed by atoms with Crippen molar-refractivity contribution in [1.82, 2.24) is 10.2 Å². The molecule has 0 saturated carbocycles. The lowest BCUT2D eigenvalue weighted by Gasteiger charge is -2.23. The van der Waals surface area contributed by atoms with Crippen LogP contribution in [0, 0.1) is 6.92 Å². The molecule has 0 unspecified atom stereocenters. The minimum atomic E-state index is -0.352. The third-order valence-electron chi connectivity index (χ3n) is 4.59.